The third-order valence-corrected chi connectivity index (χ3v) is 8.14. The van der Waals surface area contributed by atoms with Crippen LogP contribution in [0.25, 0.3) is 20.8 Å². The van der Waals surface area contributed by atoms with Crippen molar-refractivity contribution in [2.45, 2.75) is 69.8 Å². The Bertz CT molecular complexity index is 1240. The van der Waals surface area contributed by atoms with Gasteiger partial charge >= 0.3 is 0 Å². The van der Waals surface area contributed by atoms with Gasteiger partial charge in [-0.3, -0.25) is 4.98 Å². The fraction of sp³-hybridized carbons (Fsp3) is 0.600. The summed E-state index contributed by atoms with van der Waals surface area (Å²) >= 11 is 1.57. The molecule has 0 bridgehead atoms. The third-order valence-electron chi connectivity index (χ3n) is 7.10. The molecule has 0 saturated heterocycles. The number of anilines is 2. The Morgan fingerprint density at radius 1 is 1.17 bits per heavy atom. The Morgan fingerprint density at radius 3 is 2.61 bits per heavy atom. The number of nitrogens with one attached hydrogen (secondary N) is 2. The number of hydrogen-bond acceptors (Lipinski definition) is 11. The molecule has 0 aromatic carbocycles. The number of ether oxygens (including phenoxy) is 1. The summed E-state index contributed by atoms with van der Waals surface area (Å²) in [7, 11) is 1.63. The Kier molecular flexibility index (Phi) is 6.86. The van der Waals surface area contributed by atoms with E-state index in [2.05, 4.69) is 20.6 Å². The number of aliphatic hydroxyl groups is 3. The molecule has 2 aliphatic carbocycles. The first-order valence-electron chi connectivity index (χ1n) is 12.4. The minimum atomic E-state index is -1.13. The quantitative estimate of drug-likeness (QED) is 0.270. The van der Waals surface area contributed by atoms with E-state index in [1.807, 2.05) is 19.2 Å². The lowest BCUT2D eigenvalue weighted by Gasteiger charge is -2.28. The fourth-order valence-electron chi connectivity index (χ4n) is 4.97. The van der Waals surface area contributed by atoms with Gasteiger partial charge in [-0.05, 0) is 46.1 Å². The number of fused-ring (bicyclic) bond motifs is 1. The number of thiazole rings is 1. The Morgan fingerprint density at radius 2 is 1.94 bits per heavy atom. The average molecular weight is 515 g/mol. The molecule has 0 aliphatic heterocycles. The van der Waals surface area contributed by atoms with E-state index in [4.69, 9.17) is 14.7 Å². The van der Waals surface area contributed by atoms with Gasteiger partial charge in [-0.2, -0.15) is 4.98 Å². The first-order chi connectivity index (χ1) is 17.2. The van der Waals surface area contributed by atoms with Crippen LogP contribution in [-0.2, 0) is 4.74 Å². The molecule has 2 saturated carbocycles. The van der Waals surface area contributed by atoms with Crippen molar-refractivity contribution in [3.05, 3.63) is 23.7 Å². The van der Waals surface area contributed by atoms with E-state index in [9.17, 15) is 15.3 Å². The number of rotatable bonds is 9. The first-order valence-corrected chi connectivity index (χ1v) is 13.2. The van der Waals surface area contributed by atoms with E-state index in [1.54, 1.807) is 32.3 Å². The molecular formula is C25H34N6O4S. The summed E-state index contributed by atoms with van der Waals surface area (Å²) in [6.07, 6.45) is 2.39. The molecule has 3 heterocycles. The number of aliphatic hydroxyl groups excluding tert-OH is 2. The Labute approximate surface area is 214 Å². The van der Waals surface area contributed by atoms with Crippen LogP contribution < -0.4 is 10.6 Å². The molecule has 2 fully saturated rings. The van der Waals surface area contributed by atoms with Crippen LogP contribution in [0.3, 0.4) is 0 Å². The maximum Gasteiger partial charge on any atom is 0.224 e. The van der Waals surface area contributed by atoms with Crippen molar-refractivity contribution < 1.29 is 20.1 Å². The maximum absolute atomic E-state index is 10.8. The predicted octanol–water partition coefficient (Wildman–Crippen LogP) is 2.69. The number of hydrogen-bond donors (Lipinski definition) is 5. The number of aromatic nitrogens is 4. The highest BCUT2D eigenvalue weighted by atomic mass is 32.1. The van der Waals surface area contributed by atoms with E-state index in [0.29, 0.717) is 37.3 Å². The number of nitrogens with zero attached hydrogens (tertiary/aromatic N) is 4. The molecule has 10 nitrogen and oxygen atoms in total. The van der Waals surface area contributed by atoms with Crippen LogP contribution in [0.15, 0.2) is 12.3 Å². The van der Waals surface area contributed by atoms with Gasteiger partial charge in [0.25, 0.3) is 0 Å². The highest BCUT2D eigenvalue weighted by Gasteiger charge is 2.48. The van der Waals surface area contributed by atoms with Gasteiger partial charge in [0.15, 0.2) is 0 Å². The number of pyridine rings is 1. The average Bonchev–Trinajstić information content (AvgIpc) is 3.51. The van der Waals surface area contributed by atoms with Crippen LogP contribution in [0.2, 0.25) is 0 Å². The molecule has 2 aliphatic rings. The number of methoxy groups -OCH3 is 1. The minimum Gasteiger partial charge on any atom is -0.390 e. The SMILES string of the molecule is COCCNc1nc(C)c(-c2nc3c(C4CC4)nccc3s2)c(N[C@@H]2C[C@H](C(C)(C)O)[C@@H](O)[C@H]2O)n1. The molecule has 0 radical (unpaired) electrons. The molecule has 194 valence electrons. The van der Waals surface area contributed by atoms with Gasteiger partial charge in [0, 0.05) is 31.7 Å². The standard InChI is InChI=1S/C25H34N6O4S/c1-12-17(23-30-19-16(36-23)7-8-26-18(19)13-5-6-13)22(31-24(28-12)27-9-10-35-4)29-15-11-14(25(2,3)34)20(32)21(15)33/h7-8,13-15,20-21,32-34H,5-6,9-11H2,1-4H3,(H2,27,28,29,31)/t14-,15+,20+,21-/m0/s1. The van der Waals surface area contributed by atoms with Gasteiger partial charge in [0.1, 0.15) is 22.4 Å². The third kappa shape index (κ3) is 4.90. The van der Waals surface area contributed by atoms with E-state index in [-0.39, 0.29) is 0 Å². The van der Waals surface area contributed by atoms with Crippen molar-refractivity contribution >= 4 is 33.3 Å². The lowest BCUT2D eigenvalue weighted by atomic mass is 9.88. The van der Waals surface area contributed by atoms with E-state index < -0.39 is 29.8 Å². The minimum absolute atomic E-state index is 0.385. The largest absolute Gasteiger partial charge is 0.390 e. The first kappa shape index (κ1) is 25.2. The van der Waals surface area contributed by atoms with Crippen molar-refractivity contribution in [3.63, 3.8) is 0 Å². The molecular weight excluding hydrogens is 480 g/mol. The Hall–Kier alpha value is -2.44. The molecule has 3 aromatic rings. The van der Waals surface area contributed by atoms with Gasteiger partial charge in [-0.15, -0.1) is 11.3 Å². The van der Waals surface area contributed by atoms with Gasteiger partial charge in [-0.1, -0.05) is 0 Å². The molecule has 0 amide bonds. The van der Waals surface area contributed by atoms with Crippen molar-refractivity contribution in [2.75, 3.05) is 30.9 Å². The Balaban J connectivity index is 1.54. The molecule has 36 heavy (non-hydrogen) atoms. The zero-order valence-electron chi connectivity index (χ0n) is 21.0. The van der Waals surface area contributed by atoms with E-state index in [0.717, 1.165) is 45.0 Å². The topological polar surface area (TPSA) is 146 Å². The predicted molar refractivity (Wildman–Crippen MR) is 139 cm³/mol. The van der Waals surface area contributed by atoms with Crippen molar-refractivity contribution in [1.82, 2.24) is 19.9 Å². The smallest absolute Gasteiger partial charge is 0.224 e. The molecule has 0 spiro atoms. The summed E-state index contributed by atoms with van der Waals surface area (Å²) in [5, 5.41) is 39.3. The van der Waals surface area contributed by atoms with Crippen LogP contribution in [0.4, 0.5) is 11.8 Å². The van der Waals surface area contributed by atoms with E-state index in [1.165, 1.54) is 0 Å². The van der Waals surface area contributed by atoms with Crippen LogP contribution in [0.5, 0.6) is 0 Å². The lowest BCUT2D eigenvalue weighted by molar-refractivity contribution is -0.0601. The molecule has 3 aromatic heterocycles. The monoisotopic (exact) mass is 514 g/mol. The second kappa shape index (κ2) is 9.79. The van der Waals surface area contributed by atoms with E-state index >= 15 is 0 Å². The molecule has 0 unspecified atom stereocenters. The number of aryl methyl sites for hydroxylation is 1. The highest BCUT2D eigenvalue weighted by molar-refractivity contribution is 7.21. The molecule has 11 heteroatoms. The van der Waals surface area contributed by atoms with Gasteiger partial charge in [0.2, 0.25) is 5.95 Å². The summed E-state index contributed by atoms with van der Waals surface area (Å²) < 4.78 is 6.19. The molecule has 5 N–H and O–H groups in total. The lowest BCUT2D eigenvalue weighted by Crippen LogP contribution is -2.40. The van der Waals surface area contributed by atoms with Gasteiger partial charge in [0.05, 0.1) is 46.0 Å². The zero-order chi connectivity index (χ0) is 25.6. The van der Waals surface area contributed by atoms with Crippen molar-refractivity contribution in [1.29, 1.82) is 0 Å². The van der Waals surface area contributed by atoms with Gasteiger partial charge < -0.3 is 30.7 Å². The summed E-state index contributed by atoms with van der Waals surface area (Å²) in [5.74, 6) is 0.949. The van der Waals surface area contributed by atoms with Gasteiger partial charge in [-0.25, -0.2) is 9.97 Å². The highest BCUT2D eigenvalue weighted by Crippen LogP contribution is 2.45. The second-order valence-electron chi connectivity index (χ2n) is 10.3. The van der Waals surface area contributed by atoms with Crippen molar-refractivity contribution in [3.8, 4) is 10.6 Å². The van der Waals surface area contributed by atoms with Crippen LogP contribution in [-0.4, -0.2) is 79.4 Å². The van der Waals surface area contributed by atoms with Crippen molar-refractivity contribution in [2.24, 2.45) is 5.92 Å². The second-order valence-corrected chi connectivity index (χ2v) is 11.4. The fourth-order valence-corrected chi connectivity index (χ4v) is 6.04. The van der Waals surface area contributed by atoms with Crippen LogP contribution in [0, 0.1) is 12.8 Å². The summed E-state index contributed by atoms with van der Waals surface area (Å²) in [6.45, 7) is 6.26. The zero-order valence-corrected chi connectivity index (χ0v) is 21.8. The maximum atomic E-state index is 10.8. The summed E-state index contributed by atoms with van der Waals surface area (Å²) in [6, 6.07) is 1.48. The molecule has 4 atom stereocenters. The van der Waals surface area contributed by atoms with Crippen LogP contribution in [0.1, 0.15) is 50.4 Å². The normalized spacial score (nSPS) is 24.4. The van der Waals surface area contributed by atoms with Crippen LogP contribution >= 0.6 is 11.3 Å². The summed E-state index contributed by atoms with van der Waals surface area (Å²) in [4.78, 5) is 19.0. The molecule has 5 rings (SSSR count). The summed E-state index contributed by atoms with van der Waals surface area (Å²) in [5.41, 5.74) is 2.32.